The van der Waals surface area contributed by atoms with Gasteiger partial charge in [0.25, 0.3) is 5.91 Å². The highest BCUT2D eigenvalue weighted by atomic mass is 79.9. The van der Waals surface area contributed by atoms with Gasteiger partial charge in [0.05, 0.1) is 17.7 Å². The quantitative estimate of drug-likeness (QED) is 0.421. The zero-order valence-electron chi connectivity index (χ0n) is 18.7. The van der Waals surface area contributed by atoms with Gasteiger partial charge in [-0.25, -0.2) is 4.98 Å². The van der Waals surface area contributed by atoms with Crippen molar-refractivity contribution in [2.45, 2.75) is 45.4 Å². The third-order valence-corrected chi connectivity index (χ3v) is 7.14. The molecule has 8 heteroatoms. The van der Waals surface area contributed by atoms with Crippen LogP contribution >= 0.6 is 15.9 Å². The van der Waals surface area contributed by atoms with Crippen LogP contribution in [0.15, 0.2) is 41.1 Å². The summed E-state index contributed by atoms with van der Waals surface area (Å²) in [4.78, 5) is 19.8. The van der Waals surface area contributed by atoms with Crippen LogP contribution in [0.2, 0.25) is 0 Å². The van der Waals surface area contributed by atoms with Crippen LogP contribution in [0.3, 0.4) is 0 Å². The summed E-state index contributed by atoms with van der Waals surface area (Å²) in [5.41, 5.74) is 3.97. The average Bonchev–Trinajstić information content (AvgIpc) is 3.34. The number of aromatic amines is 1. The van der Waals surface area contributed by atoms with Gasteiger partial charge in [0, 0.05) is 51.5 Å². The minimum absolute atomic E-state index is 0.0459. The van der Waals surface area contributed by atoms with Gasteiger partial charge in [-0.05, 0) is 56.9 Å². The number of hydrogen-bond acceptors (Lipinski definition) is 4. The number of nitrogens with one attached hydrogen (secondary N) is 1. The standard InChI is InChI=1S/C25H26BrN5O2/c1-14-10-30(11-15(2)33-14)25(32)17-5-6-19-20-8-18(26)9-21(24-27-13-28-29-24)23(20)31(22(19)7-17)12-16-3-4-16/h5-9,13-16H,3-4,10-12H2,1-2H3,(H,27,28,29). The van der Waals surface area contributed by atoms with Crippen molar-refractivity contribution in [1.29, 1.82) is 0 Å². The van der Waals surface area contributed by atoms with E-state index in [1.54, 1.807) is 0 Å². The maximum Gasteiger partial charge on any atom is 0.254 e. The number of H-pyrrole nitrogens is 1. The first-order valence-corrected chi connectivity index (χ1v) is 12.3. The maximum absolute atomic E-state index is 13.4. The number of hydrogen-bond donors (Lipinski definition) is 1. The van der Waals surface area contributed by atoms with E-state index in [0.29, 0.717) is 19.0 Å². The highest BCUT2D eigenvalue weighted by molar-refractivity contribution is 9.10. The molecule has 2 atom stereocenters. The Morgan fingerprint density at radius 3 is 2.64 bits per heavy atom. The fraction of sp³-hybridized carbons (Fsp3) is 0.400. The van der Waals surface area contributed by atoms with Gasteiger partial charge >= 0.3 is 0 Å². The van der Waals surface area contributed by atoms with Crippen molar-refractivity contribution in [3.05, 3.63) is 46.7 Å². The molecule has 2 fully saturated rings. The number of ether oxygens (including phenoxy) is 1. The zero-order chi connectivity index (χ0) is 22.7. The molecule has 2 aliphatic rings. The molecule has 2 unspecified atom stereocenters. The van der Waals surface area contributed by atoms with Crippen molar-refractivity contribution < 1.29 is 9.53 Å². The third kappa shape index (κ3) is 3.75. The summed E-state index contributed by atoms with van der Waals surface area (Å²) in [6.07, 6.45) is 4.13. The lowest BCUT2D eigenvalue weighted by atomic mass is 10.1. The normalized spacial score (nSPS) is 21.2. The van der Waals surface area contributed by atoms with Crippen molar-refractivity contribution >= 4 is 43.6 Å². The topological polar surface area (TPSA) is 76.0 Å². The minimum atomic E-state index is 0.0459. The molecule has 7 nitrogen and oxygen atoms in total. The SMILES string of the molecule is CC1CN(C(=O)c2ccc3c4cc(Br)cc(-c5ncn[nH]5)c4n(CC4CC4)c3c2)CC(C)O1. The van der Waals surface area contributed by atoms with E-state index in [0.717, 1.165) is 49.8 Å². The van der Waals surface area contributed by atoms with Crippen molar-refractivity contribution in [1.82, 2.24) is 24.6 Å². The smallest absolute Gasteiger partial charge is 0.254 e. The van der Waals surface area contributed by atoms with Gasteiger partial charge in [-0.1, -0.05) is 22.0 Å². The monoisotopic (exact) mass is 507 g/mol. The molecule has 0 bridgehead atoms. The van der Waals surface area contributed by atoms with Crippen molar-refractivity contribution in [2.24, 2.45) is 5.92 Å². The lowest BCUT2D eigenvalue weighted by molar-refractivity contribution is -0.0586. The Morgan fingerprint density at radius 2 is 1.94 bits per heavy atom. The van der Waals surface area contributed by atoms with Crippen LogP contribution < -0.4 is 0 Å². The summed E-state index contributed by atoms with van der Waals surface area (Å²) in [7, 11) is 0. The van der Waals surface area contributed by atoms with Crippen molar-refractivity contribution in [3.8, 4) is 11.4 Å². The number of benzene rings is 2. The molecular formula is C25H26BrN5O2. The van der Waals surface area contributed by atoms with E-state index >= 15 is 0 Å². The van der Waals surface area contributed by atoms with Gasteiger partial charge in [-0.3, -0.25) is 9.89 Å². The zero-order valence-corrected chi connectivity index (χ0v) is 20.3. The van der Waals surface area contributed by atoms with Crippen LogP contribution in [0, 0.1) is 5.92 Å². The Hall–Kier alpha value is -2.71. The van der Waals surface area contributed by atoms with E-state index in [2.05, 4.69) is 59.9 Å². The Balaban J connectivity index is 1.53. The molecule has 2 aromatic heterocycles. The minimum Gasteiger partial charge on any atom is -0.372 e. The molecule has 1 saturated heterocycles. The van der Waals surface area contributed by atoms with Gasteiger partial charge in [0.1, 0.15) is 6.33 Å². The number of fused-ring (bicyclic) bond motifs is 3. The summed E-state index contributed by atoms with van der Waals surface area (Å²) < 4.78 is 9.20. The average molecular weight is 508 g/mol. The highest BCUT2D eigenvalue weighted by Crippen LogP contribution is 2.40. The summed E-state index contributed by atoms with van der Waals surface area (Å²) in [5.74, 6) is 1.49. The van der Waals surface area contributed by atoms with Gasteiger partial charge in [0.15, 0.2) is 5.82 Å². The number of morpholine rings is 1. The van der Waals surface area contributed by atoms with Gasteiger partial charge in [-0.2, -0.15) is 5.10 Å². The second-order valence-electron chi connectivity index (χ2n) is 9.44. The molecule has 3 heterocycles. The Labute approximate surface area is 200 Å². The Morgan fingerprint density at radius 1 is 1.15 bits per heavy atom. The summed E-state index contributed by atoms with van der Waals surface area (Å²) in [6.45, 7) is 6.22. The van der Waals surface area contributed by atoms with Crippen molar-refractivity contribution in [2.75, 3.05) is 13.1 Å². The number of carbonyl (C=O) groups excluding carboxylic acids is 1. The number of aromatic nitrogens is 4. The van der Waals surface area contributed by atoms with E-state index in [9.17, 15) is 4.79 Å². The van der Waals surface area contributed by atoms with Crippen LogP contribution in [-0.4, -0.2) is 55.9 Å². The number of rotatable bonds is 4. The van der Waals surface area contributed by atoms with E-state index in [-0.39, 0.29) is 18.1 Å². The van der Waals surface area contributed by atoms with E-state index in [1.807, 2.05) is 24.8 Å². The van der Waals surface area contributed by atoms with Gasteiger partial charge in [0.2, 0.25) is 0 Å². The van der Waals surface area contributed by atoms with Crippen molar-refractivity contribution in [3.63, 3.8) is 0 Å². The molecular weight excluding hydrogens is 482 g/mol. The largest absolute Gasteiger partial charge is 0.372 e. The second-order valence-corrected chi connectivity index (χ2v) is 10.4. The highest BCUT2D eigenvalue weighted by Gasteiger charge is 2.29. The molecule has 1 N–H and O–H groups in total. The van der Waals surface area contributed by atoms with Crippen LogP contribution in [0.25, 0.3) is 33.2 Å². The van der Waals surface area contributed by atoms with Gasteiger partial charge in [-0.15, -0.1) is 0 Å². The first kappa shape index (κ1) is 20.9. The van der Waals surface area contributed by atoms with Crippen LogP contribution in [-0.2, 0) is 11.3 Å². The lowest BCUT2D eigenvalue weighted by Crippen LogP contribution is -2.48. The molecule has 0 radical (unpaired) electrons. The van der Waals surface area contributed by atoms with E-state index in [1.165, 1.54) is 19.2 Å². The number of halogens is 1. The fourth-order valence-electron chi connectivity index (χ4n) is 5.12. The molecule has 0 spiro atoms. The Kier molecular flexibility index (Phi) is 5.03. The summed E-state index contributed by atoms with van der Waals surface area (Å²) in [6, 6.07) is 10.4. The van der Waals surface area contributed by atoms with Gasteiger partial charge < -0.3 is 14.2 Å². The number of carbonyl (C=O) groups is 1. The predicted octanol–water partition coefficient (Wildman–Crippen LogP) is 5.00. The van der Waals surface area contributed by atoms with Crippen LogP contribution in [0.5, 0.6) is 0 Å². The second kappa shape index (κ2) is 7.95. The molecule has 6 rings (SSSR count). The number of amides is 1. The van der Waals surface area contributed by atoms with Crippen LogP contribution in [0.4, 0.5) is 0 Å². The molecule has 33 heavy (non-hydrogen) atoms. The molecule has 1 amide bonds. The first-order chi connectivity index (χ1) is 16.0. The predicted molar refractivity (Wildman–Crippen MR) is 131 cm³/mol. The lowest BCUT2D eigenvalue weighted by Gasteiger charge is -2.35. The summed E-state index contributed by atoms with van der Waals surface area (Å²) in [5, 5.41) is 9.40. The molecule has 4 aromatic rings. The van der Waals surface area contributed by atoms with E-state index in [4.69, 9.17) is 4.74 Å². The molecule has 1 aliphatic heterocycles. The maximum atomic E-state index is 13.4. The molecule has 1 aliphatic carbocycles. The number of nitrogens with zero attached hydrogens (tertiary/aromatic N) is 4. The Bertz CT molecular complexity index is 1350. The summed E-state index contributed by atoms with van der Waals surface area (Å²) >= 11 is 3.68. The molecule has 170 valence electrons. The van der Waals surface area contributed by atoms with E-state index < -0.39 is 0 Å². The molecule has 1 saturated carbocycles. The molecule has 2 aromatic carbocycles. The first-order valence-electron chi connectivity index (χ1n) is 11.5. The van der Waals surface area contributed by atoms with Crippen LogP contribution in [0.1, 0.15) is 37.0 Å². The third-order valence-electron chi connectivity index (χ3n) is 6.68. The fourth-order valence-corrected chi connectivity index (χ4v) is 5.58.